The fourth-order valence-electron chi connectivity index (χ4n) is 4.74. The minimum Gasteiger partial charge on any atom is -0.507 e. The smallest absolute Gasteiger partial charge is 0.127 e. The van der Waals surface area contributed by atoms with E-state index in [9.17, 15) is 5.11 Å². The first-order valence-electron chi connectivity index (χ1n) is 12.8. The van der Waals surface area contributed by atoms with Crippen LogP contribution in [0.1, 0.15) is 114 Å². The van der Waals surface area contributed by atoms with E-state index >= 15 is 0 Å². The minimum atomic E-state index is 0.0471. The summed E-state index contributed by atoms with van der Waals surface area (Å²) in [6.07, 6.45) is 10.7. The Labute approximate surface area is 201 Å². The van der Waals surface area contributed by atoms with Crippen LogP contribution in [0.25, 0.3) is 11.1 Å². The summed E-state index contributed by atoms with van der Waals surface area (Å²) in [6.45, 7) is 13.5. The molecule has 0 amide bonds. The Hall–Kier alpha value is -1.41. The average molecular weight is 453 g/mol. The van der Waals surface area contributed by atoms with Gasteiger partial charge in [-0.25, -0.2) is 0 Å². The summed E-state index contributed by atoms with van der Waals surface area (Å²) in [7, 11) is 0. The van der Waals surface area contributed by atoms with Crippen LogP contribution < -0.4 is 0 Å². The highest BCUT2D eigenvalue weighted by molar-refractivity contribution is 7.99. The predicted octanol–water partition coefficient (Wildman–Crippen LogP) is 9.52. The second-order valence-corrected chi connectivity index (χ2v) is 12.3. The van der Waals surface area contributed by atoms with Crippen molar-refractivity contribution in [3.8, 4) is 16.9 Å². The second-order valence-electron chi connectivity index (χ2n) is 11.0. The zero-order chi connectivity index (χ0) is 23.3. The van der Waals surface area contributed by atoms with Crippen LogP contribution in [0, 0.1) is 6.92 Å². The van der Waals surface area contributed by atoms with Crippen molar-refractivity contribution in [2.75, 3.05) is 0 Å². The summed E-state index contributed by atoms with van der Waals surface area (Å²) in [5.41, 5.74) is 7.25. The number of aryl methyl sites for hydroxylation is 1. The minimum absolute atomic E-state index is 0.0471. The first kappa shape index (κ1) is 25.2. The number of aromatic hydroxyl groups is 1. The van der Waals surface area contributed by atoms with Gasteiger partial charge in [0.15, 0.2) is 0 Å². The fourth-order valence-corrected chi connectivity index (χ4v) is 6.04. The zero-order valence-electron chi connectivity index (χ0n) is 21.3. The zero-order valence-corrected chi connectivity index (χ0v) is 22.1. The van der Waals surface area contributed by atoms with Gasteiger partial charge in [0.05, 0.1) is 0 Å². The van der Waals surface area contributed by atoms with Crippen molar-refractivity contribution in [2.24, 2.45) is 0 Å². The lowest BCUT2D eigenvalue weighted by molar-refractivity contribution is 0.471. The highest BCUT2D eigenvalue weighted by Crippen LogP contribution is 2.41. The third kappa shape index (κ3) is 6.56. The van der Waals surface area contributed by atoms with E-state index in [-0.39, 0.29) is 5.41 Å². The molecule has 32 heavy (non-hydrogen) atoms. The molecule has 1 N–H and O–H groups in total. The number of benzene rings is 2. The van der Waals surface area contributed by atoms with Crippen molar-refractivity contribution < 1.29 is 5.11 Å². The van der Waals surface area contributed by atoms with Crippen molar-refractivity contribution in [1.82, 2.24) is 0 Å². The first-order chi connectivity index (χ1) is 15.2. The Morgan fingerprint density at radius 1 is 0.969 bits per heavy atom. The molecule has 3 rings (SSSR count). The van der Waals surface area contributed by atoms with E-state index in [2.05, 4.69) is 83.6 Å². The molecule has 2 aromatic carbocycles. The summed E-state index contributed by atoms with van der Waals surface area (Å²) in [5.74, 6) is 1.91. The first-order valence-corrected chi connectivity index (χ1v) is 13.8. The van der Waals surface area contributed by atoms with Gasteiger partial charge in [-0.1, -0.05) is 96.6 Å². The maximum atomic E-state index is 11.4. The topological polar surface area (TPSA) is 20.2 Å². The maximum Gasteiger partial charge on any atom is 0.127 e. The van der Waals surface area contributed by atoms with Gasteiger partial charge in [-0.2, -0.15) is 11.8 Å². The van der Waals surface area contributed by atoms with Crippen molar-refractivity contribution in [3.05, 3.63) is 52.6 Å². The lowest BCUT2D eigenvalue weighted by atomic mass is 9.83. The second kappa shape index (κ2) is 11.1. The monoisotopic (exact) mass is 452 g/mol. The molecule has 0 aromatic heterocycles. The van der Waals surface area contributed by atoms with Gasteiger partial charge in [0.2, 0.25) is 0 Å². The van der Waals surface area contributed by atoms with E-state index in [1.807, 2.05) is 0 Å². The highest BCUT2D eigenvalue weighted by atomic mass is 32.2. The molecule has 1 unspecified atom stereocenters. The van der Waals surface area contributed by atoms with Crippen LogP contribution in [-0.2, 0) is 11.2 Å². The quantitative estimate of drug-likeness (QED) is 0.471. The standard InChI is InChI=1S/C30H44OS/c1-7-22(3)23-15-21(2)16-24(17-23)28-19-26(30(4,5)6)18-25(29(28)31)20-32-27-13-11-9-8-10-12-14-27/h15-19,22,27,31H,7-14,20H2,1-6H3. The molecule has 1 aliphatic carbocycles. The van der Waals surface area contributed by atoms with E-state index in [4.69, 9.17) is 0 Å². The predicted molar refractivity (Wildman–Crippen MR) is 143 cm³/mol. The summed E-state index contributed by atoms with van der Waals surface area (Å²) in [6, 6.07) is 11.3. The molecular formula is C30H44OS. The summed E-state index contributed by atoms with van der Waals surface area (Å²) in [5, 5.41) is 12.2. The third-order valence-electron chi connectivity index (χ3n) is 7.17. The van der Waals surface area contributed by atoms with Gasteiger partial charge in [0.1, 0.15) is 5.75 Å². The Kier molecular flexibility index (Phi) is 8.78. The Morgan fingerprint density at radius 3 is 2.25 bits per heavy atom. The van der Waals surface area contributed by atoms with E-state index in [0.29, 0.717) is 11.7 Å². The number of hydrogen-bond donors (Lipinski definition) is 1. The molecular weight excluding hydrogens is 408 g/mol. The van der Waals surface area contributed by atoms with Gasteiger partial charge in [-0.3, -0.25) is 0 Å². The summed E-state index contributed by atoms with van der Waals surface area (Å²) < 4.78 is 0. The number of phenols is 1. The average Bonchev–Trinajstić information content (AvgIpc) is 2.72. The maximum absolute atomic E-state index is 11.4. The molecule has 1 saturated carbocycles. The van der Waals surface area contributed by atoms with Gasteiger partial charge in [-0.05, 0) is 60.3 Å². The molecule has 1 aliphatic rings. The molecule has 176 valence electrons. The lowest BCUT2D eigenvalue weighted by Crippen LogP contribution is -2.12. The van der Waals surface area contributed by atoms with Crippen LogP contribution in [0.5, 0.6) is 5.75 Å². The Bertz CT molecular complexity index is 884. The molecule has 0 bridgehead atoms. The Morgan fingerprint density at radius 2 is 1.62 bits per heavy atom. The van der Waals surface area contributed by atoms with Crippen molar-refractivity contribution in [3.63, 3.8) is 0 Å². The van der Waals surface area contributed by atoms with Gasteiger partial charge >= 0.3 is 0 Å². The SMILES string of the molecule is CCC(C)c1cc(C)cc(-c2cc(C(C)(C)C)cc(CSC3CCCCCCC3)c2O)c1. The molecule has 0 spiro atoms. The largest absolute Gasteiger partial charge is 0.507 e. The van der Waals surface area contributed by atoms with Crippen LogP contribution in [0.4, 0.5) is 0 Å². The molecule has 1 nitrogen and oxygen atoms in total. The van der Waals surface area contributed by atoms with E-state index < -0.39 is 0 Å². The molecule has 2 aromatic rings. The number of hydrogen-bond acceptors (Lipinski definition) is 2. The summed E-state index contributed by atoms with van der Waals surface area (Å²) >= 11 is 2.07. The van der Waals surface area contributed by atoms with Crippen LogP contribution in [0.3, 0.4) is 0 Å². The molecule has 0 aliphatic heterocycles. The fraction of sp³-hybridized carbons (Fsp3) is 0.600. The number of phenolic OH excluding ortho intramolecular Hbond substituents is 1. The van der Waals surface area contributed by atoms with Gasteiger partial charge < -0.3 is 5.11 Å². The molecule has 0 radical (unpaired) electrons. The van der Waals surface area contributed by atoms with E-state index in [0.717, 1.165) is 34.1 Å². The molecule has 1 fully saturated rings. The third-order valence-corrected chi connectivity index (χ3v) is 8.59. The normalized spacial score (nSPS) is 17.1. The van der Waals surface area contributed by atoms with Gasteiger partial charge in [0, 0.05) is 22.1 Å². The Balaban J connectivity index is 1.97. The van der Waals surface area contributed by atoms with Crippen LogP contribution in [0.15, 0.2) is 30.3 Å². The van der Waals surface area contributed by atoms with Crippen molar-refractivity contribution in [1.29, 1.82) is 0 Å². The van der Waals surface area contributed by atoms with Crippen LogP contribution in [-0.4, -0.2) is 10.4 Å². The van der Waals surface area contributed by atoms with Crippen molar-refractivity contribution >= 4 is 11.8 Å². The van der Waals surface area contributed by atoms with Crippen molar-refractivity contribution in [2.45, 2.75) is 115 Å². The highest BCUT2D eigenvalue weighted by Gasteiger charge is 2.21. The molecule has 1 atom stereocenters. The van der Waals surface area contributed by atoms with Crippen LogP contribution >= 0.6 is 11.8 Å². The van der Waals surface area contributed by atoms with Crippen LogP contribution in [0.2, 0.25) is 0 Å². The molecule has 0 heterocycles. The van der Waals surface area contributed by atoms with E-state index in [1.165, 1.54) is 61.6 Å². The summed E-state index contributed by atoms with van der Waals surface area (Å²) in [4.78, 5) is 0. The van der Waals surface area contributed by atoms with Gasteiger partial charge in [-0.15, -0.1) is 0 Å². The van der Waals surface area contributed by atoms with Gasteiger partial charge in [0.25, 0.3) is 0 Å². The molecule has 0 saturated heterocycles. The molecule has 2 heteroatoms. The van der Waals surface area contributed by atoms with E-state index in [1.54, 1.807) is 0 Å². The number of thioether (sulfide) groups is 1. The lowest BCUT2D eigenvalue weighted by Gasteiger charge is -2.24. The number of rotatable bonds is 6.